The molecule has 2 atom stereocenters. The molecule has 0 radical (unpaired) electrons. The van der Waals surface area contributed by atoms with Crippen molar-refractivity contribution in [3.63, 3.8) is 0 Å². The Hall–Kier alpha value is -2.74. The topological polar surface area (TPSA) is 100 Å². The van der Waals surface area contributed by atoms with Crippen LogP contribution in [0.4, 0.5) is 0 Å². The Kier molecular flexibility index (Phi) is 5.08. The van der Waals surface area contributed by atoms with Crippen LogP contribution in [0.25, 0.3) is 0 Å². The minimum absolute atomic E-state index is 0.100. The van der Waals surface area contributed by atoms with Crippen LogP contribution in [0, 0.1) is 6.92 Å². The van der Waals surface area contributed by atoms with Crippen LogP contribution in [0.1, 0.15) is 22.5 Å². The first-order chi connectivity index (χ1) is 12.0. The third-order valence-electron chi connectivity index (χ3n) is 4.21. The number of likely N-dealkylation sites (tertiary alicyclic amines) is 1. The van der Waals surface area contributed by atoms with Crippen molar-refractivity contribution in [3.8, 4) is 0 Å². The summed E-state index contributed by atoms with van der Waals surface area (Å²) in [5.74, 6) is -0.423. The van der Waals surface area contributed by atoms with Gasteiger partial charge in [-0.3, -0.25) is 19.3 Å². The van der Waals surface area contributed by atoms with Gasteiger partial charge in [-0.25, -0.2) is 0 Å². The number of nitrogens with one attached hydrogen (secondary N) is 1. The van der Waals surface area contributed by atoms with E-state index in [2.05, 4.69) is 15.4 Å². The number of piperidine rings is 1. The van der Waals surface area contributed by atoms with Crippen LogP contribution in [0.15, 0.2) is 36.8 Å². The van der Waals surface area contributed by atoms with Gasteiger partial charge in [-0.05, 0) is 31.0 Å². The summed E-state index contributed by atoms with van der Waals surface area (Å²) in [6.07, 6.45) is 4.72. The van der Waals surface area contributed by atoms with Gasteiger partial charge in [-0.1, -0.05) is 6.07 Å². The van der Waals surface area contributed by atoms with Crippen molar-refractivity contribution in [2.75, 3.05) is 13.1 Å². The lowest BCUT2D eigenvalue weighted by Gasteiger charge is -2.36. The van der Waals surface area contributed by atoms with Gasteiger partial charge in [-0.15, -0.1) is 0 Å². The first-order valence-corrected chi connectivity index (χ1v) is 8.20. The maximum absolute atomic E-state index is 12.3. The summed E-state index contributed by atoms with van der Waals surface area (Å²) < 4.78 is 1.58. The molecule has 3 rings (SSSR count). The molecule has 8 heteroatoms. The lowest BCUT2D eigenvalue weighted by atomic mass is 10.0. The molecule has 2 N–H and O–H groups in total. The number of aryl methyl sites for hydroxylation is 1. The lowest BCUT2D eigenvalue weighted by molar-refractivity contribution is -0.135. The van der Waals surface area contributed by atoms with Gasteiger partial charge in [0, 0.05) is 25.5 Å². The zero-order valence-corrected chi connectivity index (χ0v) is 14.0. The van der Waals surface area contributed by atoms with Gasteiger partial charge >= 0.3 is 0 Å². The van der Waals surface area contributed by atoms with Gasteiger partial charge in [0.2, 0.25) is 5.91 Å². The fraction of sp³-hybridized carbons (Fsp3) is 0.412. The fourth-order valence-electron chi connectivity index (χ4n) is 2.86. The fourth-order valence-corrected chi connectivity index (χ4v) is 2.86. The summed E-state index contributed by atoms with van der Waals surface area (Å²) in [5.41, 5.74) is 1.30. The lowest BCUT2D eigenvalue weighted by Crippen LogP contribution is -2.55. The number of β-amino-alcohol motifs (C(OH)–C–C–N with tert-alkyl or cyclic N) is 1. The highest BCUT2D eigenvalue weighted by Crippen LogP contribution is 2.13. The number of aliphatic hydroxyl groups excluding tert-OH is 1. The molecule has 25 heavy (non-hydrogen) atoms. The summed E-state index contributed by atoms with van der Waals surface area (Å²) in [6.45, 7) is 2.72. The SMILES string of the molecule is Cc1cnn(CC(=O)N2CC[C@@H](NC(=O)c3ccccn3)[C@H](O)C2)c1. The molecule has 0 aliphatic carbocycles. The van der Waals surface area contributed by atoms with E-state index in [0.717, 1.165) is 5.56 Å². The molecule has 8 nitrogen and oxygen atoms in total. The molecule has 0 unspecified atom stereocenters. The van der Waals surface area contributed by atoms with E-state index >= 15 is 0 Å². The molecule has 1 aliphatic rings. The average molecular weight is 343 g/mol. The number of rotatable bonds is 4. The molecule has 0 aromatic carbocycles. The number of pyridine rings is 1. The van der Waals surface area contributed by atoms with Crippen molar-refractivity contribution < 1.29 is 14.7 Å². The number of carbonyl (C=O) groups excluding carboxylic acids is 2. The standard InChI is InChI=1S/C17H21N5O3/c1-12-8-19-22(9-12)11-16(24)21-7-5-13(15(23)10-21)20-17(25)14-4-2-3-6-18-14/h2-4,6,8-9,13,15,23H,5,7,10-11H2,1H3,(H,20,25)/t13-,15-/m1/s1. The van der Waals surface area contributed by atoms with Gasteiger partial charge in [-0.2, -0.15) is 5.10 Å². The summed E-state index contributed by atoms with van der Waals surface area (Å²) in [4.78, 5) is 30.1. The second-order valence-corrected chi connectivity index (χ2v) is 6.21. The van der Waals surface area contributed by atoms with Crippen LogP contribution in [0.3, 0.4) is 0 Å². The van der Waals surface area contributed by atoms with Crippen LogP contribution in [-0.2, 0) is 11.3 Å². The highest BCUT2D eigenvalue weighted by atomic mass is 16.3. The summed E-state index contributed by atoms with van der Waals surface area (Å²) in [6, 6.07) is 4.69. The van der Waals surface area contributed by atoms with E-state index in [1.807, 2.05) is 6.92 Å². The summed E-state index contributed by atoms with van der Waals surface area (Å²) >= 11 is 0. The van der Waals surface area contributed by atoms with Crippen molar-refractivity contribution in [1.82, 2.24) is 25.0 Å². The Morgan fingerprint density at radius 1 is 1.40 bits per heavy atom. The van der Waals surface area contributed by atoms with Crippen molar-refractivity contribution in [2.24, 2.45) is 0 Å². The molecule has 0 spiro atoms. The zero-order chi connectivity index (χ0) is 17.8. The Morgan fingerprint density at radius 3 is 2.88 bits per heavy atom. The van der Waals surface area contributed by atoms with E-state index in [1.54, 1.807) is 46.4 Å². The highest BCUT2D eigenvalue weighted by molar-refractivity contribution is 5.92. The largest absolute Gasteiger partial charge is 0.389 e. The molecular weight excluding hydrogens is 322 g/mol. The minimum atomic E-state index is -0.815. The maximum atomic E-state index is 12.3. The second-order valence-electron chi connectivity index (χ2n) is 6.21. The Bertz CT molecular complexity index is 746. The van der Waals surface area contributed by atoms with Crippen LogP contribution in [0.2, 0.25) is 0 Å². The monoisotopic (exact) mass is 343 g/mol. The predicted molar refractivity (Wildman–Crippen MR) is 89.7 cm³/mol. The molecule has 2 amide bonds. The maximum Gasteiger partial charge on any atom is 0.270 e. The third kappa shape index (κ3) is 4.21. The second kappa shape index (κ2) is 7.43. The quantitative estimate of drug-likeness (QED) is 0.812. The number of aliphatic hydroxyl groups is 1. The minimum Gasteiger partial charge on any atom is -0.389 e. The highest BCUT2D eigenvalue weighted by Gasteiger charge is 2.31. The predicted octanol–water partition coefficient (Wildman–Crippen LogP) is -0.0217. The van der Waals surface area contributed by atoms with E-state index in [9.17, 15) is 14.7 Å². The van der Waals surface area contributed by atoms with Gasteiger partial charge in [0.25, 0.3) is 5.91 Å². The zero-order valence-electron chi connectivity index (χ0n) is 14.0. The molecular formula is C17H21N5O3. The molecule has 2 aromatic rings. The molecule has 1 fully saturated rings. The molecule has 0 bridgehead atoms. The van der Waals surface area contributed by atoms with E-state index in [0.29, 0.717) is 18.7 Å². The van der Waals surface area contributed by atoms with Crippen LogP contribution >= 0.6 is 0 Å². The first-order valence-electron chi connectivity index (χ1n) is 8.20. The molecule has 132 valence electrons. The number of nitrogens with zero attached hydrogens (tertiary/aromatic N) is 4. The number of amides is 2. The Balaban J connectivity index is 1.53. The molecule has 0 saturated carbocycles. The number of hydrogen-bond acceptors (Lipinski definition) is 5. The van der Waals surface area contributed by atoms with E-state index in [-0.39, 0.29) is 24.9 Å². The average Bonchev–Trinajstić information content (AvgIpc) is 3.02. The molecule has 3 heterocycles. The van der Waals surface area contributed by atoms with Crippen molar-refractivity contribution in [3.05, 3.63) is 48.0 Å². The van der Waals surface area contributed by atoms with Crippen molar-refractivity contribution in [1.29, 1.82) is 0 Å². The normalized spacial score (nSPS) is 20.3. The summed E-state index contributed by atoms with van der Waals surface area (Å²) in [7, 11) is 0. The van der Waals surface area contributed by atoms with Gasteiger partial charge < -0.3 is 15.3 Å². The third-order valence-corrected chi connectivity index (χ3v) is 4.21. The van der Waals surface area contributed by atoms with E-state index in [1.165, 1.54) is 0 Å². The summed E-state index contributed by atoms with van der Waals surface area (Å²) in [5, 5.41) is 17.2. The van der Waals surface area contributed by atoms with E-state index in [4.69, 9.17) is 0 Å². The van der Waals surface area contributed by atoms with Crippen LogP contribution < -0.4 is 5.32 Å². The van der Waals surface area contributed by atoms with Gasteiger partial charge in [0.1, 0.15) is 12.2 Å². The van der Waals surface area contributed by atoms with Crippen molar-refractivity contribution in [2.45, 2.75) is 32.0 Å². The molecule has 1 saturated heterocycles. The Morgan fingerprint density at radius 2 is 2.24 bits per heavy atom. The number of hydrogen-bond donors (Lipinski definition) is 2. The first kappa shape index (κ1) is 17.1. The molecule has 2 aromatic heterocycles. The smallest absolute Gasteiger partial charge is 0.270 e. The van der Waals surface area contributed by atoms with Crippen molar-refractivity contribution >= 4 is 11.8 Å². The number of carbonyl (C=O) groups is 2. The van der Waals surface area contributed by atoms with Gasteiger partial charge in [0.05, 0.1) is 18.3 Å². The van der Waals surface area contributed by atoms with Gasteiger partial charge in [0.15, 0.2) is 0 Å². The Labute approximate surface area is 145 Å². The molecule has 1 aliphatic heterocycles. The van der Waals surface area contributed by atoms with Crippen LogP contribution in [0.5, 0.6) is 0 Å². The van der Waals surface area contributed by atoms with Crippen LogP contribution in [-0.4, -0.2) is 61.8 Å². The number of aromatic nitrogens is 3. The van der Waals surface area contributed by atoms with E-state index < -0.39 is 12.1 Å².